The molecular weight excluding hydrogens is 292 g/mol. The van der Waals surface area contributed by atoms with E-state index in [-0.39, 0.29) is 6.42 Å². The Hall–Kier alpha value is -2.89. The highest BCUT2D eigenvalue weighted by Gasteiger charge is 2.11. The average molecular weight is 310 g/mol. The van der Waals surface area contributed by atoms with Crippen molar-refractivity contribution < 1.29 is 9.90 Å². The number of carboxylic acid groups (broad SMARTS) is 1. The minimum Gasteiger partial charge on any atom is -0.481 e. The molecule has 118 valence electrons. The second-order valence-electron chi connectivity index (χ2n) is 5.40. The van der Waals surface area contributed by atoms with Crippen molar-refractivity contribution >= 4 is 22.8 Å². The summed E-state index contributed by atoms with van der Waals surface area (Å²) < 4.78 is 0. The van der Waals surface area contributed by atoms with Gasteiger partial charge in [0.1, 0.15) is 11.5 Å². The maximum atomic E-state index is 10.6. The number of carboxylic acids is 1. The van der Waals surface area contributed by atoms with E-state index < -0.39 is 5.97 Å². The topological polar surface area (TPSA) is 90.9 Å². The second-order valence-corrected chi connectivity index (χ2v) is 5.40. The van der Waals surface area contributed by atoms with Crippen LogP contribution >= 0.6 is 0 Å². The normalized spacial score (nSPS) is 10.8. The van der Waals surface area contributed by atoms with Crippen LogP contribution < -0.4 is 5.32 Å². The molecule has 0 radical (unpaired) electrons. The monoisotopic (exact) mass is 310 g/mol. The highest BCUT2D eigenvalue weighted by atomic mass is 16.4. The SMILES string of the molecule is Cc1cc2c(NCCCC(=O)O)nc(-c3ccccc3)nc2[nH]1. The van der Waals surface area contributed by atoms with Crippen LogP contribution in [0, 0.1) is 6.92 Å². The third-order valence-corrected chi connectivity index (χ3v) is 3.51. The lowest BCUT2D eigenvalue weighted by molar-refractivity contribution is -0.137. The Morgan fingerprint density at radius 1 is 1.26 bits per heavy atom. The molecule has 6 nitrogen and oxygen atoms in total. The van der Waals surface area contributed by atoms with Crippen molar-refractivity contribution in [1.82, 2.24) is 15.0 Å². The minimum atomic E-state index is -0.790. The van der Waals surface area contributed by atoms with Crippen molar-refractivity contribution in [3.05, 3.63) is 42.1 Å². The lowest BCUT2D eigenvalue weighted by Crippen LogP contribution is -2.07. The maximum Gasteiger partial charge on any atom is 0.303 e. The summed E-state index contributed by atoms with van der Waals surface area (Å²) >= 11 is 0. The van der Waals surface area contributed by atoms with Crippen molar-refractivity contribution in [1.29, 1.82) is 0 Å². The number of hydrogen-bond donors (Lipinski definition) is 3. The predicted octanol–water partition coefficient (Wildman–Crippen LogP) is 3.21. The number of H-pyrrole nitrogens is 1. The molecule has 2 heterocycles. The van der Waals surface area contributed by atoms with Crippen molar-refractivity contribution in [2.45, 2.75) is 19.8 Å². The van der Waals surface area contributed by atoms with Gasteiger partial charge in [-0.1, -0.05) is 30.3 Å². The number of carbonyl (C=O) groups is 1. The Balaban J connectivity index is 1.92. The first kappa shape index (κ1) is 15.0. The van der Waals surface area contributed by atoms with Gasteiger partial charge < -0.3 is 15.4 Å². The molecule has 0 aliphatic carbocycles. The van der Waals surface area contributed by atoms with Gasteiger partial charge in [-0.25, -0.2) is 9.97 Å². The summed E-state index contributed by atoms with van der Waals surface area (Å²) in [4.78, 5) is 23.0. The Bertz CT molecular complexity index is 827. The van der Waals surface area contributed by atoms with E-state index in [1.54, 1.807) is 0 Å². The number of nitrogens with zero attached hydrogens (tertiary/aromatic N) is 2. The van der Waals surface area contributed by atoms with Gasteiger partial charge in [-0.05, 0) is 19.4 Å². The summed E-state index contributed by atoms with van der Waals surface area (Å²) in [6.07, 6.45) is 0.684. The Kier molecular flexibility index (Phi) is 4.23. The number of rotatable bonds is 6. The molecule has 0 atom stereocenters. The van der Waals surface area contributed by atoms with Gasteiger partial charge in [-0.2, -0.15) is 0 Å². The number of benzene rings is 1. The number of anilines is 1. The van der Waals surface area contributed by atoms with E-state index in [0.717, 1.165) is 28.1 Å². The van der Waals surface area contributed by atoms with Crippen LogP contribution in [0.3, 0.4) is 0 Å². The molecule has 0 saturated carbocycles. The Morgan fingerprint density at radius 3 is 2.78 bits per heavy atom. The molecule has 6 heteroatoms. The van der Waals surface area contributed by atoms with Crippen LogP contribution in [0.2, 0.25) is 0 Å². The molecule has 3 aromatic rings. The average Bonchev–Trinajstić information content (AvgIpc) is 2.92. The standard InChI is InChI=1S/C17H18N4O2/c1-11-10-13-16(18-9-5-8-14(22)23)20-15(21-17(13)19-11)12-6-3-2-4-7-12/h2-4,6-7,10H,5,8-9H2,1H3,(H,22,23)(H2,18,19,20,21). The molecule has 23 heavy (non-hydrogen) atoms. The fraction of sp³-hybridized carbons (Fsp3) is 0.235. The molecule has 3 rings (SSSR count). The molecule has 0 saturated heterocycles. The van der Waals surface area contributed by atoms with Gasteiger partial charge in [-0.3, -0.25) is 4.79 Å². The van der Waals surface area contributed by atoms with Gasteiger partial charge in [0.05, 0.1) is 5.39 Å². The van der Waals surface area contributed by atoms with Crippen molar-refractivity contribution in [3.63, 3.8) is 0 Å². The van der Waals surface area contributed by atoms with E-state index in [4.69, 9.17) is 5.11 Å². The second kappa shape index (κ2) is 6.48. The van der Waals surface area contributed by atoms with Gasteiger partial charge in [0.15, 0.2) is 5.82 Å². The fourth-order valence-corrected chi connectivity index (χ4v) is 2.44. The summed E-state index contributed by atoms with van der Waals surface area (Å²) in [6, 6.07) is 11.8. The van der Waals surface area contributed by atoms with Crippen molar-refractivity contribution in [2.24, 2.45) is 0 Å². The molecule has 2 aromatic heterocycles. The quantitative estimate of drug-likeness (QED) is 0.608. The first-order valence-electron chi connectivity index (χ1n) is 7.52. The molecule has 1 aromatic carbocycles. The van der Waals surface area contributed by atoms with Crippen LogP contribution in [-0.4, -0.2) is 32.6 Å². The van der Waals surface area contributed by atoms with Gasteiger partial charge >= 0.3 is 5.97 Å². The number of aromatic nitrogens is 3. The van der Waals surface area contributed by atoms with Gasteiger partial charge in [0.2, 0.25) is 0 Å². The molecule has 0 bridgehead atoms. The zero-order valence-electron chi connectivity index (χ0n) is 12.8. The fourth-order valence-electron chi connectivity index (χ4n) is 2.44. The summed E-state index contributed by atoms with van der Waals surface area (Å²) in [7, 11) is 0. The highest BCUT2D eigenvalue weighted by Crippen LogP contribution is 2.25. The molecule has 0 unspecified atom stereocenters. The number of hydrogen-bond acceptors (Lipinski definition) is 4. The minimum absolute atomic E-state index is 0.138. The number of aryl methyl sites for hydroxylation is 1. The van der Waals surface area contributed by atoms with Crippen LogP contribution in [0.5, 0.6) is 0 Å². The molecule has 0 amide bonds. The number of aliphatic carboxylic acids is 1. The summed E-state index contributed by atoms with van der Waals surface area (Å²) in [5.74, 6) is 0.575. The lowest BCUT2D eigenvalue weighted by Gasteiger charge is -2.08. The first-order chi connectivity index (χ1) is 11.1. The van der Waals surface area contributed by atoms with Crippen LogP contribution in [0.1, 0.15) is 18.5 Å². The van der Waals surface area contributed by atoms with Gasteiger partial charge in [0.25, 0.3) is 0 Å². The van der Waals surface area contributed by atoms with E-state index in [1.807, 2.05) is 43.3 Å². The number of aromatic amines is 1. The molecule has 3 N–H and O–H groups in total. The van der Waals surface area contributed by atoms with Crippen molar-refractivity contribution in [2.75, 3.05) is 11.9 Å². The van der Waals surface area contributed by atoms with Gasteiger partial charge in [-0.15, -0.1) is 0 Å². The summed E-state index contributed by atoms with van der Waals surface area (Å²) in [6.45, 7) is 2.52. The zero-order valence-corrected chi connectivity index (χ0v) is 12.8. The maximum absolute atomic E-state index is 10.6. The lowest BCUT2D eigenvalue weighted by atomic mass is 10.2. The largest absolute Gasteiger partial charge is 0.481 e. The van der Waals surface area contributed by atoms with Crippen LogP contribution in [0.4, 0.5) is 5.82 Å². The van der Waals surface area contributed by atoms with Crippen LogP contribution in [-0.2, 0) is 4.79 Å². The van der Waals surface area contributed by atoms with Crippen LogP contribution in [0.25, 0.3) is 22.4 Å². The first-order valence-corrected chi connectivity index (χ1v) is 7.52. The number of fused-ring (bicyclic) bond motifs is 1. The summed E-state index contributed by atoms with van der Waals surface area (Å²) in [5, 5.41) is 12.9. The van der Waals surface area contributed by atoms with Gasteiger partial charge in [0, 0.05) is 24.2 Å². The van der Waals surface area contributed by atoms with E-state index in [1.165, 1.54) is 0 Å². The van der Waals surface area contributed by atoms with E-state index in [0.29, 0.717) is 18.8 Å². The Labute approximate surface area is 133 Å². The number of nitrogens with one attached hydrogen (secondary N) is 2. The molecule has 0 spiro atoms. The van der Waals surface area contributed by atoms with Crippen molar-refractivity contribution in [3.8, 4) is 11.4 Å². The molecule has 0 fully saturated rings. The predicted molar refractivity (Wildman–Crippen MR) is 89.4 cm³/mol. The van der Waals surface area contributed by atoms with Crippen LogP contribution in [0.15, 0.2) is 36.4 Å². The summed E-state index contributed by atoms with van der Waals surface area (Å²) in [5.41, 5.74) is 2.72. The molecule has 0 aliphatic rings. The third kappa shape index (κ3) is 3.48. The van der Waals surface area contributed by atoms with E-state index in [9.17, 15) is 4.79 Å². The molecule has 0 aliphatic heterocycles. The van der Waals surface area contributed by atoms with E-state index >= 15 is 0 Å². The highest BCUT2D eigenvalue weighted by molar-refractivity contribution is 5.89. The zero-order chi connectivity index (χ0) is 16.2. The molecular formula is C17H18N4O2. The Morgan fingerprint density at radius 2 is 2.04 bits per heavy atom. The third-order valence-electron chi connectivity index (χ3n) is 3.51. The van der Waals surface area contributed by atoms with E-state index in [2.05, 4.69) is 20.3 Å². The smallest absolute Gasteiger partial charge is 0.303 e.